The molecule has 0 heterocycles. The van der Waals surface area contributed by atoms with E-state index in [0.717, 1.165) is 25.6 Å². The molecule has 0 bridgehead atoms. The highest BCUT2D eigenvalue weighted by Gasteiger charge is 2.04. The summed E-state index contributed by atoms with van der Waals surface area (Å²) in [5.41, 5.74) is 4.84. The van der Waals surface area contributed by atoms with Gasteiger partial charge in [0.2, 0.25) is 0 Å². The van der Waals surface area contributed by atoms with Gasteiger partial charge in [0, 0.05) is 20.1 Å². The van der Waals surface area contributed by atoms with Gasteiger partial charge in [-0.1, -0.05) is 67.7 Å². The van der Waals surface area contributed by atoms with Crippen molar-refractivity contribution in [1.82, 2.24) is 0 Å². The van der Waals surface area contributed by atoms with Crippen molar-refractivity contribution in [2.24, 2.45) is 0 Å². The number of benzene rings is 2. The predicted molar refractivity (Wildman–Crippen MR) is 81.2 cm³/mol. The number of hydrogen-bond acceptors (Lipinski definition) is 0. The molecule has 0 aromatic heterocycles. The van der Waals surface area contributed by atoms with E-state index in [2.05, 4.69) is 31.9 Å². The van der Waals surface area contributed by atoms with Gasteiger partial charge in [-0.2, -0.15) is 0 Å². The molecule has 86 valence electrons. The average molecular weight is 372 g/mol. The Morgan fingerprint density at radius 2 is 1.12 bits per heavy atom. The molecule has 0 aliphatic rings. The van der Waals surface area contributed by atoms with Crippen LogP contribution in [0.4, 0.5) is 0 Å². The molecule has 0 saturated heterocycles. The lowest BCUT2D eigenvalue weighted by Gasteiger charge is -2.07. The summed E-state index contributed by atoms with van der Waals surface area (Å²) in [7, 11) is 0. The second kappa shape index (κ2) is 5.85. The van der Waals surface area contributed by atoms with Crippen molar-refractivity contribution in [3.8, 4) is 0 Å². The van der Waals surface area contributed by atoms with E-state index in [1.807, 2.05) is 48.5 Å². The molecule has 17 heavy (non-hydrogen) atoms. The summed E-state index contributed by atoms with van der Waals surface area (Å²) in [4.78, 5) is 0. The minimum absolute atomic E-state index is 1.02. The molecule has 0 fully saturated rings. The third kappa shape index (κ3) is 3.21. The lowest BCUT2D eigenvalue weighted by molar-refractivity contribution is 1.52. The van der Waals surface area contributed by atoms with E-state index in [1.165, 1.54) is 0 Å². The molecular formula is C14H9Br2Cl. The summed E-state index contributed by atoms with van der Waals surface area (Å²) in [6.45, 7) is 0. The van der Waals surface area contributed by atoms with Crippen LogP contribution in [0.25, 0.3) is 5.57 Å². The van der Waals surface area contributed by atoms with Crippen molar-refractivity contribution >= 4 is 49.0 Å². The van der Waals surface area contributed by atoms with E-state index in [0.29, 0.717) is 0 Å². The van der Waals surface area contributed by atoms with Gasteiger partial charge in [-0.15, -0.1) is 0 Å². The largest absolute Gasteiger partial charge is 0.0923 e. The lowest BCUT2D eigenvalue weighted by atomic mass is 10.00. The van der Waals surface area contributed by atoms with Gasteiger partial charge in [0.15, 0.2) is 0 Å². The van der Waals surface area contributed by atoms with Crippen molar-refractivity contribution in [2.45, 2.75) is 0 Å². The SMILES string of the molecule is ClC=C(c1ccc(Br)cc1)c1ccc(Br)cc1. The Labute approximate surface area is 123 Å². The first-order valence-corrected chi connectivity index (χ1v) is 7.05. The minimum atomic E-state index is 1.02. The van der Waals surface area contributed by atoms with Gasteiger partial charge in [-0.25, -0.2) is 0 Å². The summed E-state index contributed by atoms with van der Waals surface area (Å²) >= 11 is 12.8. The molecule has 0 radical (unpaired) electrons. The number of halogens is 3. The molecule has 0 atom stereocenters. The van der Waals surface area contributed by atoms with Gasteiger partial charge in [0.1, 0.15) is 0 Å². The van der Waals surface area contributed by atoms with Gasteiger partial charge in [-0.05, 0) is 35.4 Å². The molecule has 2 aromatic rings. The first kappa shape index (κ1) is 12.9. The summed E-state index contributed by atoms with van der Waals surface area (Å²) in [6, 6.07) is 16.2. The molecule has 0 aliphatic heterocycles. The molecule has 0 aliphatic carbocycles. The highest BCUT2D eigenvalue weighted by atomic mass is 79.9. The minimum Gasteiger partial charge on any atom is -0.0923 e. The van der Waals surface area contributed by atoms with Crippen LogP contribution in [-0.4, -0.2) is 0 Å². The number of rotatable bonds is 2. The van der Waals surface area contributed by atoms with Crippen LogP contribution < -0.4 is 0 Å². The highest BCUT2D eigenvalue weighted by molar-refractivity contribution is 9.10. The number of hydrogen-bond donors (Lipinski definition) is 0. The second-order valence-electron chi connectivity index (χ2n) is 3.54. The quantitative estimate of drug-likeness (QED) is 0.621. The van der Waals surface area contributed by atoms with Gasteiger partial charge < -0.3 is 0 Å². The van der Waals surface area contributed by atoms with Crippen LogP contribution in [0.3, 0.4) is 0 Å². The summed E-state index contributed by atoms with van der Waals surface area (Å²) in [5.74, 6) is 0. The molecule has 0 spiro atoms. The summed E-state index contributed by atoms with van der Waals surface area (Å²) in [5, 5.41) is 0. The molecule has 0 amide bonds. The standard InChI is InChI=1S/C14H9Br2Cl/c15-12-5-1-10(2-6-12)14(9-17)11-3-7-13(16)8-4-11/h1-9H. The fraction of sp³-hybridized carbons (Fsp3) is 0. The smallest absolute Gasteiger partial charge is 0.0175 e. The molecule has 0 unspecified atom stereocenters. The second-order valence-corrected chi connectivity index (χ2v) is 5.59. The van der Waals surface area contributed by atoms with Crippen molar-refractivity contribution in [3.05, 3.63) is 74.1 Å². The molecule has 2 rings (SSSR count). The normalized spacial score (nSPS) is 10.1. The Bertz CT molecular complexity index is 480. The summed E-state index contributed by atoms with van der Waals surface area (Å²) < 4.78 is 2.12. The van der Waals surface area contributed by atoms with E-state index in [-0.39, 0.29) is 0 Å². The van der Waals surface area contributed by atoms with Gasteiger partial charge >= 0.3 is 0 Å². The maximum absolute atomic E-state index is 5.93. The van der Waals surface area contributed by atoms with Crippen LogP contribution >= 0.6 is 43.5 Å². The zero-order chi connectivity index (χ0) is 12.3. The maximum Gasteiger partial charge on any atom is 0.0175 e. The Balaban J connectivity index is 2.41. The first-order chi connectivity index (χ1) is 8.20. The molecule has 3 heteroatoms. The Morgan fingerprint density at radius 1 is 0.765 bits per heavy atom. The monoisotopic (exact) mass is 370 g/mol. The topological polar surface area (TPSA) is 0 Å². The van der Waals surface area contributed by atoms with Crippen LogP contribution in [-0.2, 0) is 0 Å². The summed E-state index contributed by atoms with van der Waals surface area (Å²) in [6.07, 6.45) is 0. The van der Waals surface area contributed by atoms with Crippen molar-refractivity contribution in [3.63, 3.8) is 0 Å². The fourth-order valence-electron chi connectivity index (χ4n) is 1.55. The molecule has 0 N–H and O–H groups in total. The predicted octanol–water partition coefficient (Wildman–Crippen LogP) is 5.84. The Kier molecular flexibility index (Phi) is 4.43. The van der Waals surface area contributed by atoms with Gasteiger partial charge in [0.25, 0.3) is 0 Å². The van der Waals surface area contributed by atoms with Crippen molar-refractivity contribution in [2.75, 3.05) is 0 Å². The van der Waals surface area contributed by atoms with Crippen LogP contribution in [0.15, 0.2) is 63.0 Å². The van der Waals surface area contributed by atoms with Gasteiger partial charge in [-0.3, -0.25) is 0 Å². The van der Waals surface area contributed by atoms with Crippen LogP contribution in [0.1, 0.15) is 11.1 Å². The molecule has 0 nitrogen and oxygen atoms in total. The fourth-order valence-corrected chi connectivity index (χ4v) is 2.33. The van der Waals surface area contributed by atoms with Crippen molar-refractivity contribution in [1.29, 1.82) is 0 Å². The van der Waals surface area contributed by atoms with Crippen LogP contribution in [0.2, 0.25) is 0 Å². The Hall–Kier alpha value is -0.570. The Morgan fingerprint density at radius 3 is 1.41 bits per heavy atom. The van der Waals surface area contributed by atoms with Crippen LogP contribution in [0, 0.1) is 0 Å². The molecule has 0 saturated carbocycles. The highest BCUT2D eigenvalue weighted by Crippen LogP contribution is 2.26. The zero-order valence-electron chi connectivity index (χ0n) is 8.83. The van der Waals surface area contributed by atoms with Gasteiger partial charge in [0.05, 0.1) is 0 Å². The third-order valence-corrected chi connectivity index (χ3v) is 3.70. The van der Waals surface area contributed by atoms with Crippen molar-refractivity contribution < 1.29 is 0 Å². The van der Waals surface area contributed by atoms with Crippen LogP contribution in [0.5, 0.6) is 0 Å². The van der Waals surface area contributed by atoms with E-state index in [1.54, 1.807) is 5.54 Å². The third-order valence-electron chi connectivity index (χ3n) is 2.42. The maximum atomic E-state index is 5.93. The zero-order valence-corrected chi connectivity index (χ0v) is 12.8. The van der Waals surface area contributed by atoms with E-state index in [9.17, 15) is 0 Å². The average Bonchev–Trinajstić information content (AvgIpc) is 2.35. The molecular weight excluding hydrogens is 363 g/mol. The van der Waals surface area contributed by atoms with E-state index < -0.39 is 0 Å². The van der Waals surface area contributed by atoms with E-state index >= 15 is 0 Å². The van der Waals surface area contributed by atoms with E-state index in [4.69, 9.17) is 11.6 Å². The molecule has 2 aromatic carbocycles. The lowest BCUT2D eigenvalue weighted by Crippen LogP contribution is -1.86. The first-order valence-electron chi connectivity index (χ1n) is 5.03.